The number of carbonyl (C=O) groups is 1. The summed E-state index contributed by atoms with van der Waals surface area (Å²) in [5.74, 6) is 0.127. The Hall–Kier alpha value is -3.20. The van der Waals surface area contributed by atoms with Gasteiger partial charge in [-0.25, -0.2) is 14.2 Å². The van der Waals surface area contributed by atoms with Crippen LogP contribution in [0.1, 0.15) is 13.8 Å². The molecular formula is C21H20BrFN4O3. The fourth-order valence-corrected chi connectivity index (χ4v) is 3.59. The van der Waals surface area contributed by atoms with Gasteiger partial charge in [-0.1, -0.05) is 22.5 Å². The van der Waals surface area contributed by atoms with Crippen molar-refractivity contribution in [3.8, 4) is 11.1 Å². The fourth-order valence-electron chi connectivity index (χ4n) is 3.06. The molecule has 0 spiro atoms. The number of anilines is 2. The third-order valence-electron chi connectivity index (χ3n) is 4.40. The average molecular weight is 475 g/mol. The molecule has 1 amide bonds. The maximum Gasteiger partial charge on any atom is 0.416 e. The second kappa shape index (κ2) is 8.66. The van der Waals surface area contributed by atoms with Gasteiger partial charge in [0.15, 0.2) is 0 Å². The Labute approximate surface area is 180 Å². The highest BCUT2D eigenvalue weighted by Gasteiger charge is 2.18. The third kappa shape index (κ3) is 4.20. The first-order valence-corrected chi connectivity index (χ1v) is 9.89. The average Bonchev–Trinajstić information content (AvgIpc) is 2.69. The summed E-state index contributed by atoms with van der Waals surface area (Å²) in [5, 5.41) is 6.04. The molecule has 0 saturated heterocycles. The molecule has 2 N–H and O–H groups in total. The van der Waals surface area contributed by atoms with Crippen molar-refractivity contribution in [2.24, 2.45) is 0 Å². The van der Waals surface area contributed by atoms with Crippen LogP contribution in [0.2, 0.25) is 0 Å². The molecule has 30 heavy (non-hydrogen) atoms. The first-order chi connectivity index (χ1) is 14.2. The zero-order chi connectivity index (χ0) is 22.0. The van der Waals surface area contributed by atoms with Crippen molar-refractivity contribution in [2.45, 2.75) is 20.4 Å². The Morgan fingerprint density at radius 2 is 2.03 bits per heavy atom. The SMILES string of the molecule is C=C(C)OC(=O)Nc1cc(-c2cc3cnc(NC)cc3n(CC)c2=O)c(Br)cc1F. The quantitative estimate of drug-likeness (QED) is 0.501. The minimum Gasteiger partial charge on any atom is -0.416 e. The van der Waals surface area contributed by atoms with E-state index in [0.717, 1.165) is 10.9 Å². The number of hydrogen-bond acceptors (Lipinski definition) is 5. The number of aromatic nitrogens is 2. The summed E-state index contributed by atoms with van der Waals surface area (Å²) in [6.07, 6.45) is 0.792. The zero-order valence-corrected chi connectivity index (χ0v) is 18.3. The Morgan fingerprint density at radius 1 is 1.30 bits per heavy atom. The molecule has 0 atom stereocenters. The predicted molar refractivity (Wildman–Crippen MR) is 119 cm³/mol. The maximum absolute atomic E-state index is 14.4. The lowest BCUT2D eigenvalue weighted by Gasteiger charge is -2.15. The number of nitrogens with one attached hydrogen (secondary N) is 2. The van der Waals surface area contributed by atoms with Gasteiger partial charge in [0.2, 0.25) is 0 Å². The number of nitrogens with zero attached hydrogens (tertiary/aromatic N) is 2. The standard InChI is InChI=1S/C21H20BrFN4O3/c1-5-27-18-9-19(24-4)25-10-12(18)6-14(20(27)28)13-7-17(16(23)8-15(13)22)26-21(29)30-11(2)3/h6-10H,2,5H2,1,3-4H3,(H,24,25)(H,26,29). The molecule has 0 saturated carbocycles. The summed E-state index contributed by atoms with van der Waals surface area (Å²) >= 11 is 3.32. The van der Waals surface area contributed by atoms with Crippen LogP contribution in [0, 0.1) is 5.82 Å². The van der Waals surface area contributed by atoms with Gasteiger partial charge in [-0.05, 0) is 32.0 Å². The van der Waals surface area contributed by atoms with E-state index in [4.69, 9.17) is 4.74 Å². The minimum atomic E-state index is -0.872. The molecule has 0 bridgehead atoms. The molecule has 0 fully saturated rings. The molecule has 0 aliphatic rings. The van der Waals surface area contributed by atoms with Gasteiger partial charge in [0.25, 0.3) is 5.56 Å². The number of aryl methyl sites for hydroxylation is 1. The summed E-state index contributed by atoms with van der Waals surface area (Å²) in [6.45, 7) is 7.27. The van der Waals surface area contributed by atoms with Crippen LogP contribution in [0.3, 0.4) is 0 Å². The molecule has 2 aromatic heterocycles. The van der Waals surface area contributed by atoms with Gasteiger partial charge < -0.3 is 14.6 Å². The molecule has 0 unspecified atom stereocenters. The number of allylic oxidation sites excluding steroid dienone is 1. The number of benzene rings is 1. The Morgan fingerprint density at radius 3 is 2.67 bits per heavy atom. The van der Waals surface area contributed by atoms with E-state index in [1.54, 1.807) is 29.9 Å². The highest BCUT2D eigenvalue weighted by molar-refractivity contribution is 9.10. The molecule has 9 heteroatoms. The molecule has 156 valence electrons. The van der Waals surface area contributed by atoms with Gasteiger partial charge in [0.1, 0.15) is 11.6 Å². The molecule has 0 aliphatic carbocycles. The lowest BCUT2D eigenvalue weighted by atomic mass is 10.0. The van der Waals surface area contributed by atoms with E-state index in [9.17, 15) is 14.0 Å². The lowest BCUT2D eigenvalue weighted by Crippen LogP contribution is -2.22. The second-order valence-electron chi connectivity index (χ2n) is 6.51. The summed E-state index contributed by atoms with van der Waals surface area (Å²) in [5.41, 5.74) is 1.12. The number of carbonyl (C=O) groups excluding carboxylic acids is 1. The molecule has 7 nitrogen and oxygen atoms in total. The van der Waals surface area contributed by atoms with E-state index >= 15 is 0 Å². The number of fused-ring (bicyclic) bond motifs is 1. The van der Waals surface area contributed by atoms with Crippen molar-refractivity contribution in [1.82, 2.24) is 9.55 Å². The van der Waals surface area contributed by atoms with Gasteiger partial charge in [0.05, 0.1) is 17.0 Å². The number of amides is 1. The van der Waals surface area contributed by atoms with Crippen molar-refractivity contribution in [1.29, 1.82) is 0 Å². The minimum absolute atomic E-state index is 0.120. The van der Waals surface area contributed by atoms with Crippen LogP contribution in [-0.2, 0) is 11.3 Å². The molecule has 0 radical (unpaired) electrons. The normalized spacial score (nSPS) is 10.7. The molecule has 0 aliphatic heterocycles. The van der Waals surface area contributed by atoms with E-state index < -0.39 is 11.9 Å². The van der Waals surface area contributed by atoms with Crippen molar-refractivity contribution in [3.05, 3.63) is 63.4 Å². The predicted octanol–water partition coefficient (Wildman–Crippen LogP) is 5.11. The number of hydrogen-bond donors (Lipinski definition) is 2. The number of halogens is 2. The summed E-state index contributed by atoms with van der Waals surface area (Å²) in [7, 11) is 1.75. The fraction of sp³-hybridized carbons (Fsp3) is 0.190. The molecule has 3 rings (SSSR count). The highest BCUT2D eigenvalue weighted by Crippen LogP contribution is 2.33. The largest absolute Gasteiger partial charge is 0.416 e. The van der Waals surface area contributed by atoms with Gasteiger partial charge >= 0.3 is 6.09 Å². The summed E-state index contributed by atoms with van der Waals surface area (Å²) in [6, 6.07) is 6.07. The highest BCUT2D eigenvalue weighted by atomic mass is 79.9. The lowest BCUT2D eigenvalue weighted by molar-refractivity contribution is 0.192. The number of rotatable bonds is 5. The van der Waals surface area contributed by atoms with Gasteiger partial charge in [-0.15, -0.1) is 0 Å². The Kier molecular flexibility index (Phi) is 6.21. The van der Waals surface area contributed by atoms with Crippen LogP contribution < -0.4 is 16.2 Å². The van der Waals surface area contributed by atoms with Gasteiger partial charge in [-0.3, -0.25) is 10.1 Å². The van der Waals surface area contributed by atoms with Crippen LogP contribution in [0.5, 0.6) is 0 Å². The summed E-state index contributed by atoms with van der Waals surface area (Å²) in [4.78, 5) is 29.4. The molecule has 2 heterocycles. The monoisotopic (exact) mass is 474 g/mol. The van der Waals surface area contributed by atoms with E-state index in [2.05, 4.69) is 38.1 Å². The Bertz CT molecular complexity index is 1220. The van der Waals surface area contributed by atoms with Crippen LogP contribution in [0.4, 0.5) is 20.7 Å². The van der Waals surface area contributed by atoms with Gasteiger partial charge in [0, 0.05) is 46.8 Å². The van der Waals surface area contributed by atoms with E-state index in [1.165, 1.54) is 19.1 Å². The second-order valence-corrected chi connectivity index (χ2v) is 7.37. The van der Waals surface area contributed by atoms with Crippen molar-refractivity contribution >= 4 is 44.4 Å². The van der Waals surface area contributed by atoms with E-state index in [-0.39, 0.29) is 17.0 Å². The zero-order valence-electron chi connectivity index (χ0n) is 16.7. The van der Waals surface area contributed by atoms with Crippen LogP contribution in [0.25, 0.3) is 22.0 Å². The van der Waals surface area contributed by atoms with E-state index in [0.29, 0.717) is 28.0 Å². The molecule has 3 aromatic rings. The molecular weight excluding hydrogens is 455 g/mol. The van der Waals surface area contributed by atoms with Crippen molar-refractivity contribution < 1.29 is 13.9 Å². The van der Waals surface area contributed by atoms with Gasteiger partial charge in [-0.2, -0.15) is 0 Å². The van der Waals surface area contributed by atoms with Crippen molar-refractivity contribution in [3.63, 3.8) is 0 Å². The van der Waals surface area contributed by atoms with Crippen LogP contribution in [0.15, 0.2) is 52.1 Å². The van der Waals surface area contributed by atoms with E-state index in [1.807, 2.05) is 6.92 Å². The van der Waals surface area contributed by atoms with Crippen molar-refractivity contribution in [2.75, 3.05) is 17.7 Å². The molecule has 1 aromatic carbocycles. The first kappa shape index (κ1) is 21.5. The smallest absolute Gasteiger partial charge is 0.416 e. The number of ether oxygens (including phenoxy) is 1. The maximum atomic E-state index is 14.4. The Balaban J connectivity index is 2.18. The summed E-state index contributed by atoms with van der Waals surface area (Å²) < 4.78 is 21.2. The number of pyridine rings is 2. The first-order valence-electron chi connectivity index (χ1n) is 9.10. The van der Waals surface area contributed by atoms with Crippen LogP contribution >= 0.6 is 15.9 Å². The third-order valence-corrected chi connectivity index (χ3v) is 5.06. The van der Waals surface area contributed by atoms with Crippen LogP contribution in [-0.4, -0.2) is 22.7 Å². The topological polar surface area (TPSA) is 85.2 Å².